The molecule has 1 aromatic heterocycles. The molecule has 0 aliphatic carbocycles. The lowest BCUT2D eigenvalue weighted by atomic mass is 10.0. The first kappa shape index (κ1) is 13.8. The van der Waals surface area contributed by atoms with Crippen LogP contribution in [0.1, 0.15) is 22.5 Å². The third-order valence-electron chi connectivity index (χ3n) is 3.69. The lowest BCUT2D eigenvalue weighted by molar-refractivity contribution is 0.901. The largest absolute Gasteiger partial charge is 0.272 e. The van der Waals surface area contributed by atoms with Crippen LogP contribution in [0.2, 0.25) is 0 Å². The topological polar surface area (TPSA) is 33.6 Å². The number of rotatable bonds is 3. The van der Waals surface area contributed by atoms with E-state index in [0.29, 0.717) is 4.77 Å². The molecular formula is C17H17N3S. The highest BCUT2D eigenvalue weighted by Crippen LogP contribution is 2.16. The second-order valence-corrected chi connectivity index (χ2v) is 5.60. The highest BCUT2D eigenvalue weighted by atomic mass is 32.1. The Morgan fingerprint density at radius 2 is 1.81 bits per heavy atom. The normalized spacial score (nSPS) is 10.8. The van der Waals surface area contributed by atoms with Gasteiger partial charge in [-0.1, -0.05) is 36.4 Å². The molecule has 0 spiro atoms. The Balaban J connectivity index is 2.01. The maximum absolute atomic E-state index is 5.36. The first-order chi connectivity index (χ1) is 10.1. The van der Waals surface area contributed by atoms with Crippen LogP contribution in [0, 0.1) is 18.6 Å². The smallest absolute Gasteiger partial charge is 0.199 e. The minimum absolute atomic E-state index is 0.625. The number of hydrogen-bond donors (Lipinski definition) is 1. The van der Waals surface area contributed by atoms with Gasteiger partial charge in [-0.2, -0.15) is 5.10 Å². The number of H-pyrrole nitrogens is 1. The number of benzene rings is 2. The predicted octanol–water partition coefficient (Wildman–Crippen LogP) is 4.14. The molecule has 0 unspecified atom stereocenters. The molecule has 0 radical (unpaired) electrons. The quantitative estimate of drug-likeness (QED) is 0.737. The molecule has 1 N–H and O–H groups in total. The molecule has 21 heavy (non-hydrogen) atoms. The zero-order valence-electron chi connectivity index (χ0n) is 12.1. The van der Waals surface area contributed by atoms with Gasteiger partial charge in [-0.15, -0.1) is 0 Å². The van der Waals surface area contributed by atoms with E-state index in [1.165, 1.54) is 16.7 Å². The van der Waals surface area contributed by atoms with E-state index in [9.17, 15) is 0 Å². The fourth-order valence-corrected chi connectivity index (χ4v) is 2.64. The Kier molecular flexibility index (Phi) is 3.71. The van der Waals surface area contributed by atoms with Crippen molar-refractivity contribution in [3.05, 3.63) is 75.8 Å². The average molecular weight is 295 g/mol. The molecule has 0 saturated heterocycles. The van der Waals surface area contributed by atoms with Crippen LogP contribution in [-0.2, 0) is 6.42 Å². The van der Waals surface area contributed by atoms with Gasteiger partial charge in [0.15, 0.2) is 4.77 Å². The molecule has 0 fully saturated rings. The Morgan fingerprint density at radius 1 is 1.05 bits per heavy atom. The summed E-state index contributed by atoms with van der Waals surface area (Å²) in [5.41, 5.74) is 4.88. The van der Waals surface area contributed by atoms with Gasteiger partial charge in [-0.05, 0) is 54.9 Å². The van der Waals surface area contributed by atoms with Crippen molar-refractivity contribution < 1.29 is 0 Å². The lowest BCUT2D eigenvalue weighted by Gasteiger charge is -2.08. The number of para-hydroxylation sites is 1. The predicted molar refractivity (Wildman–Crippen MR) is 87.5 cm³/mol. The maximum atomic E-state index is 5.36. The van der Waals surface area contributed by atoms with Gasteiger partial charge in [-0.25, -0.2) is 0 Å². The molecule has 0 bridgehead atoms. The van der Waals surface area contributed by atoms with Gasteiger partial charge in [-0.3, -0.25) is 9.67 Å². The van der Waals surface area contributed by atoms with Crippen molar-refractivity contribution in [3.8, 4) is 5.69 Å². The van der Waals surface area contributed by atoms with Crippen LogP contribution in [0.5, 0.6) is 0 Å². The molecule has 3 rings (SSSR count). The number of hydrogen-bond acceptors (Lipinski definition) is 2. The maximum Gasteiger partial charge on any atom is 0.199 e. The summed E-state index contributed by atoms with van der Waals surface area (Å²) in [5.74, 6) is 0.925. The van der Waals surface area contributed by atoms with Gasteiger partial charge >= 0.3 is 0 Å². The molecule has 3 nitrogen and oxygen atoms in total. The zero-order chi connectivity index (χ0) is 14.8. The van der Waals surface area contributed by atoms with Crippen molar-refractivity contribution in [3.63, 3.8) is 0 Å². The highest BCUT2D eigenvalue weighted by Gasteiger charge is 2.09. The van der Waals surface area contributed by atoms with Crippen LogP contribution in [0.15, 0.2) is 48.5 Å². The zero-order valence-corrected chi connectivity index (χ0v) is 12.9. The van der Waals surface area contributed by atoms with Gasteiger partial charge in [0.2, 0.25) is 0 Å². The molecule has 106 valence electrons. The van der Waals surface area contributed by atoms with Crippen molar-refractivity contribution in [2.75, 3.05) is 0 Å². The molecular weight excluding hydrogens is 278 g/mol. The number of aromatic nitrogens is 3. The number of nitrogens with one attached hydrogen (secondary N) is 1. The van der Waals surface area contributed by atoms with Gasteiger partial charge in [0, 0.05) is 12.1 Å². The third-order valence-corrected chi connectivity index (χ3v) is 3.96. The molecule has 2 aromatic carbocycles. The van der Waals surface area contributed by atoms with Gasteiger partial charge in [0.25, 0.3) is 0 Å². The van der Waals surface area contributed by atoms with Crippen LogP contribution in [-0.4, -0.2) is 14.8 Å². The van der Waals surface area contributed by atoms with Crippen LogP contribution in [0.3, 0.4) is 0 Å². The summed E-state index contributed by atoms with van der Waals surface area (Å²) in [6, 6.07) is 16.6. The number of nitrogens with zero attached hydrogens (tertiary/aromatic N) is 2. The summed E-state index contributed by atoms with van der Waals surface area (Å²) in [6.07, 6.45) is 0.753. The molecule has 1 heterocycles. The summed E-state index contributed by atoms with van der Waals surface area (Å²) < 4.78 is 2.62. The van der Waals surface area contributed by atoms with E-state index in [2.05, 4.69) is 42.2 Å². The van der Waals surface area contributed by atoms with E-state index < -0.39 is 0 Å². The second-order valence-electron chi connectivity index (χ2n) is 5.21. The fraction of sp³-hybridized carbons (Fsp3) is 0.176. The van der Waals surface area contributed by atoms with Crippen LogP contribution in [0.25, 0.3) is 5.69 Å². The van der Waals surface area contributed by atoms with E-state index in [1.54, 1.807) is 0 Å². The fourth-order valence-electron chi connectivity index (χ4n) is 2.39. The van der Waals surface area contributed by atoms with E-state index in [0.717, 1.165) is 17.9 Å². The van der Waals surface area contributed by atoms with Crippen LogP contribution >= 0.6 is 12.2 Å². The highest BCUT2D eigenvalue weighted by molar-refractivity contribution is 7.71. The SMILES string of the molecule is Cc1ccc(Cc2n[nH]c(=S)n2-c2ccccc2)cc1C. The Hall–Kier alpha value is -2.20. The molecule has 0 aliphatic heterocycles. The van der Waals surface area contributed by atoms with Gasteiger partial charge in [0.1, 0.15) is 5.82 Å². The molecule has 0 aliphatic rings. The summed E-state index contributed by atoms with van der Waals surface area (Å²) in [7, 11) is 0. The Bertz CT molecular complexity index is 816. The average Bonchev–Trinajstić information content (AvgIpc) is 2.85. The lowest BCUT2D eigenvalue weighted by Crippen LogP contribution is -2.02. The third kappa shape index (κ3) is 2.81. The van der Waals surface area contributed by atoms with Crippen molar-refractivity contribution in [2.24, 2.45) is 0 Å². The minimum Gasteiger partial charge on any atom is -0.272 e. The van der Waals surface area contributed by atoms with E-state index in [-0.39, 0.29) is 0 Å². The molecule has 0 saturated carbocycles. The monoisotopic (exact) mass is 295 g/mol. The first-order valence-electron chi connectivity index (χ1n) is 6.93. The van der Waals surface area contributed by atoms with E-state index in [1.807, 2.05) is 34.9 Å². The molecule has 0 amide bonds. The van der Waals surface area contributed by atoms with Crippen molar-refractivity contribution in [1.82, 2.24) is 14.8 Å². The standard InChI is InChI=1S/C17H17N3S/c1-12-8-9-14(10-13(12)2)11-16-18-19-17(21)20(16)15-6-4-3-5-7-15/h3-10H,11H2,1-2H3,(H,19,21). The van der Waals surface area contributed by atoms with E-state index >= 15 is 0 Å². The van der Waals surface area contributed by atoms with Crippen molar-refractivity contribution in [2.45, 2.75) is 20.3 Å². The summed E-state index contributed by atoms with van der Waals surface area (Å²) in [6.45, 7) is 4.26. The number of aryl methyl sites for hydroxylation is 2. The van der Waals surface area contributed by atoms with Crippen molar-refractivity contribution in [1.29, 1.82) is 0 Å². The number of aromatic amines is 1. The van der Waals surface area contributed by atoms with Gasteiger partial charge in [0.05, 0.1) is 0 Å². The van der Waals surface area contributed by atoms with Crippen LogP contribution in [0.4, 0.5) is 0 Å². The first-order valence-corrected chi connectivity index (χ1v) is 7.34. The van der Waals surface area contributed by atoms with Crippen LogP contribution < -0.4 is 0 Å². The molecule has 4 heteroatoms. The molecule has 3 aromatic rings. The van der Waals surface area contributed by atoms with Crippen molar-refractivity contribution >= 4 is 12.2 Å². The second kappa shape index (κ2) is 5.66. The minimum atomic E-state index is 0.625. The molecule has 0 atom stereocenters. The summed E-state index contributed by atoms with van der Waals surface area (Å²) in [4.78, 5) is 0. The summed E-state index contributed by atoms with van der Waals surface area (Å²) in [5, 5.41) is 7.28. The van der Waals surface area contributed by atoms with Gasteiger partial charge < -0.3 is 0 Å². The summed E-state index contributed by atoms with van der Waals surface area (Å²) >= 11 is 5.36. The van der Waals surface area contributed by atoms with E-state index in [4.69, 9.17) is 12.2 Å². The Morgan fingerprint density at radius 3 is 2.52 bits per heavy atom. The Labute approximate surface area is 129 Å².